The molecule has 2 aliphatic heterocycles. The summed E-state index contributed by atoms with van der Waals surface area (Å²) >= 11 is 3.29. The third-order valence-electron chi connectivity index (χ3n) is 3.60. The molecule has 2 fully saturated rings. The van der Waals surface area contributed by atoms with E-state index in [2.05, 4.69) is 15.9 Å². The van der Waals surface area contributed by atoms with Crippen molar-refractivity contribution in [2.75, 3.05) is 18.8 Å². The molecule has 1 aromatic carbocycles. The second-order valence-electron chi connectivity index (χ2n) is 4.96. The van der Waals surface area contributed by atoms with Gasteiger partial charge in [0.2, 0.25) is 10.0 Å². The van der Waals surface area contributed by atoms with E-state index in [9.17, 15) is 8.42 Å². The number of morpholine rings is 1. The van der Waals surface area contributed by atoms with Crippen LogP contribution < -0.4 is 5.73 Å². The molecule has 2 saturated heterocycles. The molecule has 3 rings (SSSR count). The highest BCUT2D eigenvalue weighted by Gasteiger charge is 2.39. The summed E-state index contributed by atoms with van der Waals surface area (Å²) in [5.41, 5.74) is 6.09. The summed E-state index contributed by atoms with van der Waals surface area (Å²) < 4.78 is 33.2. The zero-order valence-electron chi connectivity index (χ0n) is 10.3. The highest BCUT2D eigenvalue weighted by atomic mass is 79.9. The molecule has 2 N–H and O–H groups in total. The third kappa shape index (κ3) is 2.40. The molecule has 2 unspecified atom stereocenters. The van der Waals surface area contributed by atoms with Crippen molar-refractivity contribution in [3.8, 4) is 0 Å². The number of rotatable bonds is 2. The Morgan fingerprint density at radius 2 is 1.89 bits per heavy atom. The first-order chi connectivity index (χ1) is 8.96. The van der Waals surface area contributed by atoms with Crippen LogP contribution in [-0.4, -0.2) is 38.0 Å². The predicted octanol–water partition coefficient (Wildman–Crippen LogP) is 1.58. The van der Waals surface area contributed by atoms with Gasteiger partial charge in [-0.15, -0.1) is 0 Å². The lowest BCUT2D eigenvalue weighted by molar-refractivity contribution is -0.0114. The predicted molar refractivity (Wildman–Crippen MR) is 75.2 cm³/mol. The molecule has 2 atom stereocenters. The Bertz CT molecular complexity index is 593. The standard InChI is InChI=1S/C12H15BrN2O3S/c13-8-1-4-11(14)12(5-8)19(16,17)15-6-9-2-3-10(7-15)18-9/h1,4-5,9-10H,2-3,6-7,14H2. The van der Waals surface area contributed by atoms with Crippen molar-refractivity contribution in [3.05, 3.63) is 22.7 Å². The van der Waals surface area contributed by atoms with Crippen molar-refractivity contribution < 1.29 is 13.2 Å². The van der Waals surface area contributed by atoms with Crippen molar-refractivity contribution in [3.63, 3.8) is 0 Å². The van der Waals surface area contributed by atoms with Gasteiger partial charge in [0.25, 0.3) is 0 Å². The fourth-order valence-electron chi connectivity index (χ4n) is 2.64. The number of nitrogen functional groups attached to an aromatic ring is 1. The minimum Gasteiger partial charge on any atom is -0.398 e. The van der Waals surface area contributed by atoms with E-state index >= 15 is 0 Å². The van der Waals surface area contributed by atoms with Crippen LogP contribution in [0.25, 0.3) is 0 Å². The molecule has 0 amide bonds. The minimum absolute atomic E-state index is 0.0295. The molecule has 2 heterocycles. The number of ether oxygens (including phenoxy) is 1. The second-order valence-corrected chi connectivity index (χ2v) is 7.78. The van der Waals surface area contributed by atoms with E-state index in [1.54, 1.807) is 18.2 Å². The molecule has 104 valence electrons. The Morgan fingerprint density at radius 1 is 1.26 bits per heavy atom. The van der Waals surface area contributed by atoms with E-state index < -0.39 is 10.0 Å². The molecule has 2 aliphatic rings. The van der Waals surface area contributed by atoms with Gasteiger partial charge in [0.1, 0.15) is 4.90 Å². The van der Waals surface area contributed by atoms with Crippen LogP contribution in [0.1, 0.15) is 12.8 Å². The Hall–Kier alpha value is -0.630. The monoisotopic (exact) mass is 346 g/mol. The van der Waals surface area contributed by atoms with Crippen LogP contribution in [0, 0.1) is 0 Å². The lowest BCUT2D eigenvalue weighted by atomic mass is 10.2. The highest BCUT2D eigenvalue weighted by molar-refractivity contribution is 9.10. The number of hydrogen-bond donors (Lipinski definition) is 1. The second kappa shape index (κ2) is 4.73. The van der Waals surface area contributed by atoms with E-state index in [-0.39, 0.29) is 22.8 Å². The van der Waals surface area contributed by atoms with Gasteiger partial charge in [0, 0.05) is 17.6 Å². The number of benzene rings is 1. The van der Waals surface area contributed by atoms with Gasteiger partial charge in [-0.2, -0.15) is 4.31 Å². The topological polar surface area (TPSA) is 72.6 Å². The summed E-state index contributed by atoms with van der Waals surface area (Å²) in [6.45, 7) is 0.843. The molecular formula is C12H15BrN2O3S. The lowest BCUT2D eigenvalue weighted by Gasteiger charge is -2.31. The van der Waals surface area contributed by atoms with Crippen molar-refractivity contribution in [2.45, 2.75) is 29.9 Å². The van der Waals surface area contributed by atoms with E-state index in [1.807, 2.05) is 0 Å². The maximum Gasteiger partial charge on any atom is 0.245 e. The highest BCUT2D eigenvalue weighted by Crippen LogP contribution is 2.32. The first-order valence-corrected chi connectivity index (χ1v) is 8.41. The molecule has 2 bridgehead atoms. The van der Waals surface area contributed by atoms with Crippen LogP contribution in [-0.2, 0) is 14.8 Å². The lowest BCUT2D eigenvalue weighted by Crippen LogP contribution is -2.45. The summed E-state index contributed by atoms with van der Waals surface area (Å²) in [5, 5.41) is 0. The van der Waals surface area contributed by atoms with Gasteiger partial charge in [-0.25, -0.2) is 8.42 Å². The van der Waals surface area contributed by atoms with Crippen LogP contribution in [0.15, 0.2) is 27.6 Å². The molecule has 0 aromatic heterocycles. The fourth-order valence-corrected chi connectivity index (χ4v) is 4.80. The third-order valence-corrected chi connectivity index (χ3v) is 5.98. The fraction of sp³-hybridized carbons (Fsp3) is 0.500. The first-order valence-electron chi connectivity index (χ1n) is 6.17. The Labute approximate surface area is 120 Å². The number of fused-ring (bicyclic) bond motifs is 2. The average Bonchev–Trinajstić information content (AvgIpc) is 2.71. The molecule has 0 spiro atoms. The van der Waals surface area contributed by atoms with Crippen LogP contribution in [0.4, 0.5) is 5.69 Å². The minimum atomic E-state index is -3.54. The van der Waals surface area contributed by atoms with E-state index in [0.717, 1.165) is 12.8 Å². The summed E-state index contributed by atoms with van der Waals surface area (Å²) in [4.78, 5) is 0.170. The van der Waals surface area contributed by atoms with E-state index in [4.69, 9.17) is 10.5 Å². The molecule has 19 heavy (non-hydrogen) atoms. The number of halogens is 1. The number of sulfonamides is 1. The summed E-state index contributed by atoms with van der Waals surface area (Å²) in [7, 11) is -3.54. The van der Waals surface area contributed by atoms with Crippen LogP contribution in [0.5, 0.6) is 0 Å². The molecular weight excluding hydrogens is 332 g/mol. The maximum atomic E-state index is 12.6. The Balaban J connectivity index is 1.96. The molecule has 0 aliphatic carbocycles. The Kier molecular flexibility index (Phi) is 3.33. The summed E-state index contributed by atoms with van der Waals surface area (Å²) in [6, 6.07) is 4.89. The number of anilines is 1. The largest absolute Gasteiger partial charge is 0.398 e. The number of nitrogens with zero attached hydrogens (tertiary/aromatic N) is 1. The summed E-state index contributed by atoms with van der Waals surface area (Å²) in [5.74, 6) is 0. The zero-order valence-corrected chi connectivity index (χ0v) is 12.7. The smallest absolute Gasteiger partial charge is 0.245 e. The average molecular weight is 347 g/mol. The maximum absolute atomic E-state index is 12.6. The van der Waals surface area contributed by atoms with Gasteiger partial charge in [0.15, 0.2) is 0 Å². The van der Waals surface area contributed by atoms with Crippen molar-refractivity contribution in [1.82, 2.24) is 4.31 Å². The zero-order chi connectivity index (χ0) is 13.6. The van der Waals surface area contributed by atoms with Gasteiger partial charge < -0.3 is 10.5 Å². The van der Waals surface area contributed by atoms with Crippen LogP contribution >= 0.6 is 15.9 Å². The molecule has 5 nitrogen and oxygen atoms in total. The molecule has 1 aromatic rings. The van der Waals surface area contributed by atoms with E-state index in [0.29, 0.717) is 17.6 Å². The van der Waals surface area contributed by atoms with Crippen molar-refractivity contribution in [1.29, 1.82) is 0 Å². The van der Waals surface area contributed by atoms with Crippen molar-refractivity contribution >= 4 is 31.6 Å². The first kappa shape index (κ1) is 13.4. The molecule has 0 saturated carbocycles. The number of nitrogens with two attached hydrogens (primary N) is 1. The van der Waals surface area contributed by atoms with Gasteiger partial charge >= 0.3 is 0 Å². The van der Waals surface area contributed by atoms with Gasteiger partial charge in [-0.1, -0.05) is 15.9 Å². The normalized spacial score (nSPS) is 27.6. The van der Waals surface area contributed by atoms with Gasteiger partial charge in [0.05, 0.1) is 17.9 Å². The quantitative estimate of drug-likeness (QED) is 0.825. The number of hydrogen-bond acceptors (Lipinski definition) is 4. The Morgan fingerprint density at radius 3 is 2.53 bits per heavy atom. The SMILES string of the molecule is Nc1ccc(Br)cc1S(=O)(=O)N1CC2CCC(C1)O2. The molecule has 7 heteroatoms. The van der Waals surface area contributed by atoms with Crippen LogP contribution in [0.3, 0.4) is 0 Å². The van der Waals surface area contributed by atoms with Gasteiger partial charge in [-0.05, 0) is 31.0 Å². The van der Waals surface area contributed by atoms with Crippen molar-refractivity contribution in [2.24, 2.45) is 0 Å². The van der Waals surface area contributed by atoms with Crippen LogP contribution in [0.2, 0.25) is 0 Å². The van der Waals surface area contributed by atoms with E-state index in [1.165, 1.54) is 4.31 Å². The summed E-state index contributed by atoms with van der Waals surface area (Å²) in [6.07, 6.45) is 1.93. The van der Waals surface area contributed by atoms with Gasteiger partial charge in [-0.3, -0.25) is 0 Å². The molecule has 0 radical (unpaired) electrons.